The van der Waals surface area contributed by atoms with Crippen molar-refractivity contribution >= 4 is 11.4 Å². The van der Waals surface area contributed by atoms with Gasteiger partial charge < -0.3 is 30.6 Å². The van der Waals surface area contributed by atoms with E-state index in [1.807, 2.05) is 0 Å². The molecule has 0 atom stereocenters. The van der Waals surface area contributed by atoms with Gasteiger partial charge in [-0.05, 0) is 20.8 Å². The van der Waals surface area contributed by atoms with Gasteiger partial charge in [-0.2, -0.15) is 0 Å². The van der Waals surface area contributed by atoms with Crippen LogP contribution < -0.4 is 10.2 Å². The van der Waals surface area contributed by atoms with Gasteiger partial charge in [0.15, 0.2) is 0 Å². The fourth-order valence-corrected chi connectivity index (χ4v) is 1.13. The van der Waals surface area contributed by atoms with Gasteiger partial charge >= 0.3 is 17.1 Å². The molecule has 0 aromatic rings. The molecule has 0 saturated heterocycles. The van der Waals surface area contributed by atoms with Crippen LogP contribution >= 0.6 is 0 Å². The number of aliphatic imine (C=N–C) groups is 2. The molecule has 0 rings (SSSR count). The fraction of sp³-hybridized carbons (Fsp3) is 0.571. The van der Waals surface area contributed by atoms with E-state index in [9.17, 15) is 10.2 Å². The summed E-state index contributed by atoms with van der Waals surface area (Å²) in [5.74, 6) is -0.0170. The molecule has 10 heteroatoms. The van der Waals surface area contributed by atoms with Crippen LogP contribution in [0, 0.1) is 15.3 Å². The Bertz CT molecular complexity index is 402. The van der Waals surface area contributed by atoms with Gasteiger partial charge in [-0.15, -0.1) is 11.5 Å². The van der Waals surface area contributed by atoms with Gasteiger partial charge in [-0.25, -0.2) is 0 Å². The number of aliphatic hydroxyl groups excluding tert-OH is 1. The molecular weight excluding hydrogens is 361 g/mol. The maximum atomic E-state index is 10.7. The van der Waals surface area contributed by atoms with E-state index in [-0.39, 0.29) is 35.2 Å². The zero-order valence-electron chi connectivity index (χ0n) is 14.5. The summed E-state index contributed by atoms with van der Waals surface area (Å²) in [4.78, 5) is 16.5. The summed E-state index contributed by atoms with van der Waals surface area (Å²) in [5, 5.41) is 43.7. The summed E-state index contributed by atoms with van der Waals surface area (Å²) < 4.78 is 0. The van der Waals surface area contributed by atoms with E-state index in [4.69, 9.17) is 20.4 Å². The minimum atomic E-state index is -1.75. The second-order valence-electron chi connectivity index (χ2n) is 4.10. The van der Waals surface area contributed by atoms with E-state index < -0.39 is 5.09 Å². The van der Waals surface area contributed by atoms with Crippen molar-refractivity contribution in [3.8, 4) is 0 Å². The average molecular weight is 385 g/mol. The minimum absolute atomic E-state index is 0. The van der Waals surface area contributed by atoms with Crippen LogP contribution in [0.4, 0.5) is 0 Å². The Hall–Kier alpha value is -1.90. The SMILES string of the molecule is CC(/C=C(/C)[O-])=NCCN=C(C)/C=C(/C)[O-].CCO.O=[N+]([O-])[O-].[Mn+3]. The first-order chi connectivity index (χ1) is 10.6. The van der Waals surface area contributed by atoms with Gasteiger partial charge in [0, 0.05) is 18.0 Å². The van der Waals surface area contributed by atoms with Crippen LogP contribution in [0.25, 0.3) is 0 Å². The zero-order chi connectivity index (χ0) is 18.8. The molecule has 0 unspecified atom stereocenters. The van der Waals surface area contributed by atoms with Gasteiger partial charge in [0.1, 0.15) is 0 Å². The molecule has 24 heavy (non-hydrogen) atoms. The molecule has 0 radical (unpaired) electrons. The Kier molecular flexibility index (Phi) is 26.4. The predicted octanol–water partition coefficient (Wildman–Crippen LogP) is 0.193. The van der Waals surface area contributed by atoms with Crippen molar-refractivity contribution in [3.05, 3.63) is 39.0 Å². The fourth-order valence-electron chi connectivity index (χ4n) is 1.13. The maximum absolute atomic E-state index is 10.7. The largest absolute Gasteiger partial charge is 3.00 e. The topological polar surface area (TPSA) is 157 Å². The second kappa shape index (κ2) is 21.1. The monoisotopic (exact) mass is 385 g/mol. The van der Waals surface area contributed by atoms with Crippen LogP contribution in [0.1, 0.15) is 34.6 Å². The molecule has 0 bridgehead atoms. The van der Waals surface area contributed by atoms with E-state index in [0.29, 0.717) is 24.5 Å². The molecule has 0 aliphatic carbocycles. The third kappa shape index (κ3) is 42.7. The molecule has 0 saturated carbocycles. The number of rotatable bonds is 5. The summed E-state index contributed by atoms with van der Waals surface area (Å²) in [7, 11) is 0. The summed E-state index contributed by atoms with van der Waals surface area (Å²) in [5.41, 5.74) is 1.41. The van der Waals surface area contributed by atoms with Crippen LogP contribution in [0.15, 0.2) is 33.7 Å². The smallest absolute Gasteiger partial charge is 0.876 e. The third-order valence-corrected chi connectivity index (χ3v) is 1.65. The van der Waals surface area contributed by atoms with Crippen molar-refractivity contribution < 1.29 is 37.5 Å². The van der Waals surface area contributed by atoms with E-state index >= 15 is 0 Å². The van der Waals surface area contributed by atoms with Gasteiger partial charge in [0.05, 0.1) is 18.2 Å². The number of hydrogen-bond donors (Lipinski definition) is 1. The second-order valence-corrected chi connectivity index (χ2v) is 4.10. The van der Waals surface area contributed by atoms with Crippen LogP contribution in [0.3, 0.4) is 0 Å². The molecule has 0 spiro atoms. The van der Waals surface area contributed by atoms with Crippen molar-refractivity contribution in [2.45, 2.75) is 34.6 Å². The van der Waals surface area contributed by atoms with E-state index in [1.54, 1.807) is 20.8 Å². The Morgan fingerprint density at radius 1 is 0.958 bits per heavy atom. The molecule has 0 aromatic carbocycles. The Morgan fingerprint density at radius 2 is 1.17 bits per heavy atom. The number of aliphatic hydroxyl groups is 1. The molecule has 9 nitrogen and oxygen atoms in total. The quantitative estimate of drug-likeness (QED) is 0.178. The van der Waals surface area contributed by atoms with Crippen LogP contribution in [-0.4, -0.2) is 41.3 Å². The van der Waals surface area contributed by atoms with E-state index in [1.165, 1.54) is 26.0 Å². The van der Waals surface area contributed by atoms with E-state index in [2.05, 4.69) is 9.98 Å². The number of hydrogen-bond acceptors (Lipinski definition) is 8. The Morgan fingerprint density at radius 3 is 1.33 bits per heavy atom. The van der Waals surface area contributed by atoms with Crippen molar-refractivity contribution in [1.29, 1.82) is 0 Å². The van der Waals surface area contributed by atoms with Gasteiger partial charge in [-0.1, -0.05) is 26.0 Å². The maximum Gasteiger partial charge on any atom is 3.00 e. The van der Waals surface area contributed by atoms with Gasteiger partial charge in [0.2, 0.25) is 0 Å². The molecular formula is C14H24MnN3O6. The third-order valence-electron chi connectivity index (χ3n) is 1.65. The first-order valence-electron chi connectivity index (χ1n) is 6.71. The minimum Gasteiger partial charge on any atom is -0.876 e. The Balaban J connectivity index is -0.000000212. The molecule has 1 N–H and O–H groups in total. The van der Waals surface area contributed by atoms with Crippen molar-refractivity contribution in [1.82, 2.24) is 0 Å². The number of allylic oxidation sites excluding steroid dienone is 4. The summed E-state index contributed by atoms with van der Waals surface area (Å²) >= 11 is 0. The summed E-state index contributed by atoms with van der Waals surface area (Å²) in [6.45, 7) is 9.52. The molecule has 138 valence electrons. The van der Waals surface area contributed by atoms with Gasteiger partial charge in [-0.3, -0.25) is 9.98 Å². The summed E-state index contributed by atoms with van der Waals surface area (Å²) in [6.07, 6.45) is 2.97. The van der Waals surface area contributed by atoms with E-state index in [0.717, 1.165) is 0 Å². The molecule has 0 aromatic heterocycles. The average Bonchev–Trinajstić information content (AvgIpc) is 2.33. The van der Waals surface area contributed by atoms with Crippen molar-refractivity contribution in [2.75, 3.05) is 19.7 Å². The Labute approximate surface area is 152 Å². The predicted molar refractivity (Wildman–Crippen MR) is 86.6 cm³/mol. The zero-order valence-corrected chi connectivity index (χ0v) is 15.7. The first-order valence-corrected chi connectivity index (χ1v) is 6.71. The van der Waals surface area contributed by atoms with Crippen LogP contribution in [0.5, 0.6) is 0 Å². The van der Waals surface area contributed by atoms with Crippen molar-refractivity contribution in [3.63, 3.8) is 0 Å². The number of nitrogens with zero attached hydrogens (tertiary/aromatic N) is 3. The molecule has 0 fully saturated rings. The van der Waals surface area contributed by atoms with Crippen LogP contribution in [-0.2, 0) is 17.1 Å². The van der Waals surface area contributed by atoms with Gasteiger partial charge in [0.25, 0.3) is 0 Å². The molecule has 0 aliphatic rings. The normalized spacial score (nSPS) is 12.1. The van der Waals surface area contributed by atoms with Crippen LogP contribution in [0.2, 0.25) is 0 Å². The molecule has 0 heterocycles. The molecule has 0 aliphatic heterocycles. The molecule has 0 amide bonds. The van der Waals surface area contributed by atoms with Crippen molar-refractivity contribution in [2.24, 2.45) is 9.98 Å². The first kappa shape index (κ1) is 30.0. The summed E-state index contributed by atoms with van der Waals surface area (Å²) in [6, 6.07) is 0. The standard InChI is InChI=1S/C12H20N2O2.C2H6O.Mn.NO3/c1-9(7-11(3)15)13-5-6-14-10(2)8-12(4)16;1-2-3;;2-1(3)4/h7-8,15-16H,5-6H2,1-4H3;3H,2H2,1H3;;/q;;+3;-1/p-2/b11-7-,12-8-,13-9?,14-10?;;;.